The molecule has 150 valence electrons. The molecule has 0 saturated carbocycles. The molecule has 2 aromatic heterocycles. The number of carbonyl (C=O) groups excluding carboxylic acids is 1. The van der Waals surface area contributed by atoms with Crippen molar-refractivity contribution < 1.29 is 4.79 Å². The molecule has 1 aliphatic heterocycles. The molecule has 3 aromatic rings. The highest BCUT2D eigenvalue weighted by Gasteiger charge is 2.27. The molecule has 8 heteroatoms. The van der Waals surface area contributed by atoms with Crippen LogP contribution in [0, 0.1) is 0 Å². The highest BCUT2D eigenvalue weighted by atomic mass is 16.2. The standard InChI is InChI=1S/C21H23N5O3/c27-18(10-17-11-22-21(29)24-20(17)28)26-8-4-7-15(13-26)19-16(12-23-25-19)9-14-5-2-1-3-6-14/h1-3,5-6,11-12,15H,4,7-10,13H2,(H,23,25)(H2,22,24,28,29)/t15-/m0/s1. The summed E-state index contributed by atoms with van der Waals surface area (Å²) in [5.41, 5.74) is 2.61. The third kappa shape index (κ3) is 4.37. The van der Waals surface area contributed by atoms with Crippen molar-refractivity contribution >= 4 is 5.91 Å². The molecular weight excluding hydrogens is 370 g/mol. The minimum Gasteiger partial charge on any atom is -0.342 e. The van der Waals surface area contributed by atoms with Gasteiger partial charge in [0.05, 0.1) is 12.6 Å². The number of rotatable bonds is 5. The topological polar surface area (TPSA) is 115 Å². The molecule has 0 radical (unpaired) electrons. The van der Waals surface area contributed by atoms with E-state index in [1.54, 1.807) is 4.90 Å². The number of amides is 1. The fourth-order valence-electron chi connectivity index (χ4n) is 3.91. The summed E-state index contributed by atoms with van der Waals surface area (Å²) in [5.74, 6) is 0.0687. The number of aromatic amines is 3. The van der Waals surface area contributed by atoms with Gasteiger partial charge in [0.1, 0.15) is 0 Å². The lowest BCUT2D eigenvalue weighted by atomic mass is 9.90. The second-order valence-electron chi connectivity index (χ2n) is 7.42. The number of aromatic nitrogens is 4. The predicted octanol–water partition coefficient (Wildman–Crippen LogP) is 1.33. The fourth-order valence-corrected chi connectivity index (χ4v) is 3.91. The maximum atomic E-state index is 12.8. The van der Waals surface area contributed by atoms with Gasteiger partial charge >= 0.3 is 5.69 Å². The van der Waals surface area contributed by atoms with Crippen LogP contribution in [0.2, 0.25) is 0 Å². The van der Waals surface area contributed by atoms with Crippen LogP contribution in [0.15, 0.2) is 52.3 Å². The van der Waals surface area contributed by atoms with E-state index in [1.165, 1.54) is 11.8 Å². The number of benzene rings is 1. The van der Waals surface area contributed by atoms with E-state index in [0.717, 1.165) is 30.5 Å². The summed E-state index contributed by atoms with van der Waals surface area (Å²) >= 11 is 0. The van der Waals surface area contributed by atoms with Crippen LogP contribution in [0.25, 0.3) is 0 Å². The van der Waals surface area contributed by atoms with Gasteiger partial charge in [-0.2, -0.15) is 5.10 Å². The summed E-state index contributed by atoms with van der Waals surface area (Å²) in [5, 5.41) is 7.38. The Labute approximate surface area is 167 Å². The average molecular weight is 393 g/mol. The van der Waals surface area contributed by atoms with Crippen LogP contribution >= 0.6 is 0 Å². The van der Waals surface area contributed by atoms with Gasteiger partial charge in [0.25, 0.3) is 5.56 Å². The number of likely N-dealkylation sites (tertiary alicyclic amines) is 1. The Morgan fingerprint density at radius 1 is 1.17 bits per heavy atom. The van der Waals surface area contributed by atoms with Crippen molar-refractivity contribution in [3.63, 3.8) is 0 Å². The molecule has 8 nitrogen and oxygen atoms in total. The lowest BCUT2D eigenvalue weighted by Gasteiger charge is -2.32. The molecule has 1 amide bonds. The normalized spacial score (nSPS) is 16.7. The quantitative estimate of drug-likeness (QED) is 0.606. The largest absolute Gasteiger partial charge is 0.342 e. The molecular formula is C21H23N5O3. The molecule has 0 aliphatic carbocycles. The first-order valence-corrected chi connectivity index (χ1v) is 9.75. The van der Waals surface area contributed by atoms with Crippen LogP contribution in [0.5, 0.6) is 0 Å². The van der Waals surface area contributed by atoms with Gasteiger partial charge in [-0.15, -0.1) is 0 Å². The molecule has 1 fully saturated rings. The van der Waals surface area contributed by atoms with Crippen molar-refractivity contribution in [1.29, 1.82) is 0 Å². The van der Waals surface area contributed by atoms with E-state index in [0.29, 0.717) is 13.1 Å². The number of hydrogen-bond donors (Lipinski definition) is 3. The zero-order chi connectivity index (χ0) is 20.2. The first-order valence-electron chi connectivity index (χ1n) is 9.75. The van der Waals surface area contributed by atoms with Crippen LogP contribution in [0.1, 0.15) is 41.1 Å². The SMILES string of the molecule is O=C(Cc1c[nH]c(=O)[nH]c1=O)N1CCC[C@H](c2[nH]ncc2Cc2ccccc2)C1. The van der Waals surface area contributed by atoms with Crippen LogP contribution in [0.3, 0.4) is 0 Å². The van der Waals surface area contributed by atoms with Crippen LogP contribution in [-0.4, -0.2) is 44.1 Å². The lowest BCUT2D eigenvalue weighted by molar-refractivity contribution is -0.131. The zero-order valence-corrected chi connectivity index (χ0v) is 16.0. The van der Waals surface area contributed by atoms with Crippen LogP contribution in [0.4, 0.5) is 0 Å². The number of piperidine rings is 1. The molecule has 29 heavy (non-hydrogen) atoms. The molecule has 0 spiro atoms. The Hall–Kier alpha value is -3.42. The Bertz CT molecular complexity index is 1100. The first-order chi connectivity index (χ1) is 14.1. The molecule has 1 aromatic carbocycles. The number of H-pyrrole nitrogens is 3. The van der Waals surface area contributed by atoms with Crippen molar-refractivity contribution in [3.8, 4) is 0 Å². The summed E-state index contributed by atoms with van der Waals surface area (Å²) in [4.78, 5) is 42.1. The Balaban J connectivity index is 1.46. The maximum absolute atomic E-state index is 12.8. The van der Waals surface area contributed by atoms with Crippen molar-refractivity contribution in [2.75, 3.05) is 13.1 Å². The average Bonchev–Trinajstić information content (AvgIpc) is 3.19. The summed E-state index contributed by atoms with van der Waals surface area (Å²) in [7, 11) is 0. The molecule has 3 N–H and O–H groups in total. The minimum absolute atomic E-state index is 0.0291. The van der Waals surface area contributed by atoms with E-state index in [1.807, 2.05) is 24.4 Å². The van der Waals surface area contributed by atoms with Gasteiger partial charge in [-0.3, -0.25) is 19.7 Å². The molecule has 3 heterocycles. The summed E-state index contributed by atoms with van der Waals surface area (Å²) in [6.45, 7) is 1.25. The minimum atomic E-state index is -0.575. The van der Waals surface area contributed by atoms with E-state index in [2.05, 4.69) is 32.3 Å². The molecule has 0 unspecified atom stereocenters. The Morgan fingerprint density at radius 3 is 2.79 bits per heavy atom. The first kappa shape index (κ1) is 18.9. The lowest BCUT2D eigenvalue weighted by Crippen LogP contribution is -2.41. The predicted molar refractivity (Wildman–Crippen MR) is 108 cm³/mol. The molecule has 4 rings (SSSR count). The monoisotopic (exact) mass is 393 g/mol. The molecule has 1 saturated heterocycles. The third-order valence-electron chi connectivity index (χ3n) is 5.41. The van der Waals surface area contributed by atoms with Crippen molar-refractivity contribution in [2.24, 2.45) is 0 Å². The van der Waals surface area contributed by atoms with E-state index >= 15 is 0 Å². The molecule has 1 aliphatic rings. The van der Waals surface area contributed by atoms with E-state index < -0.39 is 11.2 Å². The van der Waals surface area contributed by atoms with Crippen molar-refractivity contribution in [1.82, 2.24) is 25.1 Å². The van der Waals surface area contributed by atoms with Crippen molar-refractivity contribution in [2.45, 2.75) is 31.6 Å². The highest BCUT2D eigenvalue weighted by Crippen LogP contribution is 2.29. The number of nitrogens with zero attached hydrogens (tertiary/aromatic N) is 2. The number of nitrogens with one attached hydrogen (secondary N) is 3. The van der Waals surface area contributed by atoms with Crippen LogP contribution < -0.4 is 11.2 Å². The Kier molecular flexibility index (Phi) is 5.41. The van der Waals surface area contributed by atoms with Gasteiger partial charge in [0.2, 0.25) is 5.91 Å². The fraction of sp³-hybridized carbons (Fsp3) is 0.333. The summed E-state index contributed by atoms with van der Waals surface area (Å²) in [6, 6.07) is 10.2. The van der Waals surface area contributed by atoms with E-state index in [-0.39, 0.29) is 23.8 Å². The second kappa shape index (κ2) is 8.30. The Morgan fingerprint density at radius 2 is 2.00 bits per heavy atom. The third-order valence-corrected chi connectivity index (χ3v) is 5.41. The van der Waals surface area contributed by atoms with Gasteiger partial charge in [-0.1, -0.05) is 30.3 Å². The number of hydrogen-bond acceptors (Lipinski definition) is 4. The maximum Gasteiger partial charge on any atom is 0.325 e. The van der Waals surface area contributed by atoms with E-state index in [9.17, 15) is 14.4 Å². The van der Waals surface area contributed by atoms with Gasteiger partial charge in [0.15, 0.2) is 0 Å². The van der Waals surface area contributed by atoms with Gasteiger partial charge in [0, 0.05) is 42.9 Å². The van der Waals surface area contributed by atoms with Gasteiger partial charge in [-0.25, -0.2) is 4.79 Å². The molecule has 0 bridgehead atoms. The molecule has 1 atom stereocenters. The second-order valence-corrected chi connectivity index (χ2v) is 7.42. The zero-order valence-electron chi connectivity index (χ0n) is 16.0. The summed E-state index contributed by atoms with van der Waals surface area (Å²) < 4.78 is 0. The van der Waals surface area contributed by atoms with E-state index in [4.69, 9.17) is 0 Å². The number of carbonyl (C=O) groups is 1. The van der Waals surface area contributed by atoms with Crippen LogP contribution in [-0.2, 0) is 17.6 Å². The van der Waals surface area contributed by atoms with Gasteiger partial charge < -0.3 is 9.88 Å². The van der Waals surface area contributed by atoms with Gasteiger partial charge in [-0.05, 0) is 24.0 Å². The highest BCUT2D eigenvalue weighted by molar-refractivity contribution is 5.78. The summed E-state index contributed by atoms with van der Waals surface area (Å²) in [6.07, 6.45) is 5.81. The van der Waals surface area contributed by atoms with Crippen molar-refractivity contribution in [3.05, 3.63) is 85.9 Å². The smallest absolute Gasteiger partial charge is 0.325 e.